The standard InChI is InChI=1S/C19H20N4O6S2/c1-10-5-13(22(25)26)8-15(18(10)20)30-31-16-9-14(23(27)28)6-11(2)19(16)21-12(3)7-17(24)29-4/h5-9,21H,20H2,1-4H3/b12-7+. The topological polar surface area (TPSA) is 151 Å². The molecule has 0 radical (unpaired) electrons. The van der Waals surface area contributed by atoms with Gasteiger partial charge in [-0.3, -0.25) is 20.2 Å². The minimum atomic E-state index is -0.548. The number of nitrogens with two attached hydrogens (primary N) is 1. The molecule has 3 N–H and O–H groups in total. The highest BCUT2D eigenvalue weighted by atomic mass is 33.1. The number of carbonyl (C=O) groups is 1. The molecular formula is C19H20N4O6S2. The van der Waals surface area contributed by atoms with E-state index in [1.54, 1.807) is 20.8 Å². The number of hydrogen-bond donors (Lipinski definition) is 2. The SMILES string of the molecule is COC(=O)/C=C(\C)Nc1c(C)cc([N+](=O)[O-])cc1SSc1cc([N+](=O)[O-])cc(C)c1N. The van der Waals surface area contributed by atoms with Gasteiger partial charge in [0.15, 0.2) is 0 Å². The summed E-state index contributed by atoms with van der Waals surface area (Å²) in [5, 5.41) is 25.5. The number of rotatable bonds is 8. The zero-order valence-electron chi connectivity index (χ0n) is 17.1. The number of anilines is 2. The minimum Gasteiger partial charge on any atom is -0.466 e. The van der Waals surface area contributed by atoms with Gasteiger partial charge in [0, 0.05) is 51.5 Å². The highest BCUT2D eigenvalue weighted by Gasteiger charge is 2.18. The van der Waals surface area contributed by atoms with E-state index in [2.05, 4.69) is 10.1 Å². The number of allylic oxidation sites excluding steroid dienone is 1. The van der Waals surface area contributed by atoms with Gasteiger partial charge in [0.25, 0.3) is 11.4 Å². The van der Waals surface area contributed by atoms with Crippen molar-refractivity contribution >= 4 is 50.3 Å². The fourth-order valence-electron chi connectivity index (χ4n) is 2.55. The average molecular weight is 465 g/mol. The maximum absolute atomic E-state index is 11.5. The van der Waals surface area contributed by atoms with E-state index in [4.69, 9.17) is 5.73 Å². The average Bonchev–Trinajstić information content (AvgIpc) is 2.70. The van der Waals surface area contributed by atoms with Crippen molar-refractivity contribution in [2.24, 2.45) is 0 Å². The molecule has 12 heteroatoms. The molecule has 10 nitrogen and oxygen atoms in total. The van der Waals surface area contributed by atoms with Crippen LogP contribution >= 0.6 is 21.6 Å². The number of ether oxygens (including phenoxy) is 1. The van der Waals surface area contributed by atoms with E-state index in [1.807, 2.05) is 0 Å². The molecule has 164 valence electrons. The Bertz CT molecular complexity index is 1090. The van der Waals surface area contributed by atoms with E-state index in [9.17, 15) is 25.0 Å². The van der Waals surface area contributed by atoms with Gasteiger partial charge in [0.1, 0.15) is 0 Å². The zero-order valence-corrected chi connectivity index (χ0v) is 18.8. The number of hydrogen-bond acceptors (Lipinski definition) is 10. The van der Waals surface area contributed by atoms with Crippen LogP contribution in [0.1, 0.15) is 18.1 Å². The van der Waals surface area contributed by atoms with Crippen LogP contribution in [0, 0.1) is 34.1 Å². The van der Waals surface area contributed by atoms with E-state index in [0.29, 0.717) is 38.0 Å². The van der Waals surface area contributed by atoms with Crippen molar-refractivity contribution < 1.29 is 19.4 Å². The van der Waals surface area contributed by atoms with Crippen molar-refractivity contribution in [2.45, 2.75) is 30.6 Å². The molecule has 0 aliphatic carbocycles. The number of nitro groups is 2. The summed E-state index contributed by atoms with van der Waals surface area (Å²) in [6.45, 7) is 5.02. The first-order chi connectivity index (χ1) is 14.5. The molecule has 2 aromatic carbocycles. The summed E-state index contributed by atoms with van der Waals surface area (Å²) in [7, 11) is 3.56. The summed E-state index contributed by atoms with van der Waals surface area (Å²) >= 11 is 0. The number of aryl methyl sites for hydroxylation is 2. The van der Waals surface area contributed by atoms with Crippen molar-refractivity contribution in [1.82, 2.24) is 0 Å². The lowest BCUT2D eigenvalue weighted by Crippen LogP contribution is -2.04. The Morgan fingerprint density at radius 2 is 1.55 bits per heavy atom. The number of nitrogens with zero attached hydrogens (tertiary/aromatic N) is 2. The van der Waals surface area contributed by atoms with Crippen LogP contribution in [0.5, 0.6) is 0 Å². The van der Waals surface area contributed by atoms with E-state index in [1.165, 1.54) is 37.5 Å². The van der Waals surface area contributed by atoms with Gasteiger partial charge in [0.2, 0.25) is 0 Å². The van der Waals surface area contributed by atoms with Gasteiger partial charge < -0.3 is 15.8 Å². The van der Waals surface area contributed by atoms with Crippen LogP contribution in [0.2, 0.25) is 0 Å². The smallest absolute Gasteiger partial charge is 0.332 e. The molecule has 0 saturated carbocycles. The predicted octanol–water partition coefficient (Wildman–Crippen LogP) is 4.99. The van der Waals surface area contributed by atoms with E-state index >= 15 is 0 Å². The lowest BCUT2D eigenvalue weighted by Gasteiger charge is -2.15. The summed E-state index contributed by atoms with van der Waals surface area (Å²) in [4.78, 5) is 33.9. The summed E-state index contributed by atoms with van der Waals surface area (Å²) < 4.78 is 4.61. The van der Waals surface area contributed by atoms with Crippen molar-refractivity contribution in [3.8, 4) is 0 Å². The first-order valence-corrected chi connectivity index (χ1v) is 10.9. The molecule has 2 rings (SSSR count). The molecule has 0 aliphatic heterocycles. The molecule has 0 aliphatic rings. The monoisotopic (exact) mass is 464 g/mol. The molecule has 0 spiro atoms. The van der Waals surface area contributed by atoms with Gasteiger partial charge >= 0.3 is 5.97 Å². The molecule has 0 unspecified atom stereocenters. The minimum absolute atomic E-state index is 0.0970. The van der Waals surface area contributed by atoms with Crippen LogP contribution in [0.15, 0.2) is 45.8 Å². The third kappa shape index (κ3) is 6.12. The third-order valence-electron chi connectivity index (χ3n) is 4.12. The van der Waals surface area contributed by atoms with Gasteiger partial charge in [-0.2, -0.15) is 0 Å². The summed E-state index contributed by atoms with van der Waals surface area (Å²) in [6, 6.07) is 5.54. The fourth-order valence-corrected chi connectivity index (χ4v) is 4.96. The lowest BCUT2D eigenvalue weighted by molar-refractivity contribution is -0.385. The molecule has 0 bridgehead atoms. The number of carbonyl (C=O) groups excluding carboxylic acids is 1. The Kier molecular flexibility index (Phi) is 7.89. The maximum Gasteiger partial charge on any atom is 0.332 e. The van der Waals surface area contributed by atoms with Crippen LogP contribution in [0.25, 0.3) is 0 Å². The van der Waals surface area contributed by atoms with Crippen LogP contribution in [0.3, 0.4) is 0 Å². The first kappa shape index (κ1) is 24.0. The van der Waals surface area contributed by atoms with Gasteiger partial charge in [0.05, 0.1) is 22.6 Å². The van der Waals surface area contributed by atoms with Crippen molar-refractivity contribution in [1.29, 1.82) is 0 Å². The Balaban J connectivity index is 2.45. The van der Waals surface area contributed by atoms with Crippen molar-refractivity contribution in [2.75, 3.05) is 18.2 Å². The second-order valence-corrected chi connectivity index (χ2v) is 8.68. The Hall–Kier alpha value is -3.25. The van der Waals surface area contributed by atoms with Gasteiger partial charge in [-0.1, -0.05) is 21.6 Å². The number of non-ortho nitro benzene ring substituents is 2. The fraction of sp³-hybridized carbons (Fsp3) is 0.211. The summed E-state index contributed by atoms with van der Waals surface area (Å²) in [6.07, 6.45) is 1.25. The van der Waals surface area contributed by atoms with Gasteiger partial charge in [-0.25, -0.2) is 4.79 Å². The number of methoxy groups -OCH3 is 1. The summed E-state index contributed by atoms with van der Waals surface area (Å²) in [5.74, 6) is -0.548. The zero-order chi connectivity index (χ0) is 23.3. The molecule has 2 aromatic rings. The summed E-state index contributed by atoms with van der Waals surface area (Å²) in [5.41, 5.74) is 8.43. The first-order valence-electron chi connectivity index (χ1n) is 8.74. The molecular weight excluding hydrogens is 444 g/mol. The van der Waals surface area contributed by atoms with E-state index < -0.39 is 15.8 Å². The number of nitro benzene ring substituents is 2. The second kappa shape index (κ2) is 10.2. The van der Waals surface area contributed by atoms with Gasteiger partial charge in [-0.15, -0.1) is 0 Å². The highest BCUT2D eigenvalue weighted by Crippen LogP contribution is 2.46. The molecule has 0 aromatic heterocycles. The molecule has 0 atom stereocenters. The molecule has 31 heavy (non-hydrogen) atoms. The Morgan fingerprint density at radius 1 is 1.03 bits per heavy atom. The largest absolute Gasteiger partial charge is 0.466 e. The maximum atomic E-state index is 11.5. The van der Waals surface area contributed by atoms with Crippen molar-refractivity contribution in [3.63, 3.8) is 0 Å². The molecule has 0 saturated heterocycles. The second-order valence-electron chi connectivity index (χ2n) is 6.47. The number of nitrogens with one attached hydrogen (secondary N) is 1. The Labute approximate surface area is 185 Å². The van der Waals surface area contributed by atoms with Crippen LogP contribution in [-0.2, 0) is 9.53 Å². The predicted molar refractivity (Wildman–Crippen MR) is 121 cm³/mol. The number of esters is 1. The number of nitrogen functional groups attached to an aromatic ring is 1. The molecule has 0 fully saturated rings. The molecule has 0 heterocycles. The van der Waals surface area contributed by atoms with Crippen LogP contribution in [0.4, 0.5) is 22.7 Å². The van der Waals surface area contributed by atoms with E-state index in [-0.39, 0.29) is 11.4 Å². The normalized spacial score (nSPS) is 11.2. The van der Waals surface area contributed by atoms with Crippen LogP contribution in [-0.4, -0.2) is 22.9 Å². The van der Waals surface area contributed by atoms with Crippen LogP contribution < -0.4 is 11.1 Å². The van der Waals surface area contributed by atoms with Crippen molar-refractivity contribution in [3.05, 3.63) is 67.4 Å². The quantitative estimate of drug-likeness (QED) is 0.136. The third-order valence-corrected chi connectivity index (χ3v) is 6.55. The number of benzene rings is 2. The molecule has 0 amide bonds. The van der Waals surface area contributed by atoms with E-state index in [0.717, 1.165) is 21.6 Å². The van der Waals surface area contributed by atoms with Gasteiger partial charge in [-0.05, 0) is 31.9 Å². The Morgan fingerprint density at radius 3 is 2.10 bits per heavy atom. The highest BCUT2D eigenvalue weighted by molar-refractivity contribution is 8.76. The lowest BCUT2D eigenvalue weighted by atomic mass is 10.1.